The summed E-state index contributed by atoms with van der Waals surface area (Å²) in [6, 6.07) is 15.4. The van der Waals surface area contributed by atoms with Crippen LogP contribution in [-0.2, 0) is 12.3 Å². The zero-order chi connectivity index (χ0) is 22.3. The second-order valence-corrected chi connectivity index (χ2v) is 8.77. The highest BCUT2D eigenvalue weighted by molar-refractivity contribution is 7.98. The van der Waals surface area contributed by atoms with Crippen molar-refractivity contribution >= 4 is 17.7 Å². The van der Waals surface area contributed by atoms with Gasteiger partial charge in [-0.3, -0.25) is 9.69 Å². The van der Waals surface area contributed by atoms with Crippen LogP contribution in [0.4, 0.5) is 0 Å². The third kappa shape index (κ3) is 5.55. The quantitative estimate of drug-likeness (QED) is 0.530. The Balaban J connectivity index is 1.37. The number of carbonyl (C=O) groups excluding carboxylic acids is 1. The number of aromatic nitrogens is 2. The van der Waals surface area contributed by atoms with E-state index in [1.165, 1.54) is 17.3 Å². The van der Waals surface area contributed by atoms with Gasteiger partial charge in [-0.1, -0.05) is 29.1 Å². The van der Waals surface area contributed by atoms with E-state index in [0.29, 0.717) is 23.4 Å². The van der Waals surface area contributed by atoms with E-state index in [4.69, 9.17) is 9.78 Å². The van der Waals surface area contributed by atoms with E-state index in [0.717, 1.165) is 49.1 Å². The van der Waals surface area contributed by atoms with E-state index >= 15 is 0 Å². The molecule has 3 heterocycles. The lowest BCUT2D eigenvalue weighted by atomic mass is 10.1. The molecule has 0 aliphatic carbocycles. The third-order valence-corrected chi connectivity index (χ3v) is 6.44. The minimum absolute atomic E-state index is 0.0251. The molecule has 2 aromatic heterocycles. The van der Waals surface area contributed by atoms with Crippen molar-refractivity contribution in [1.82, 2.24) is 19.9 Å². The first-order chi connectivity index (χ1) is 15.6. The molecule has 3 aromatic rings. The number of rotatable bonds is 6. The molecule has 4 rings (SSSR count). The molecule has 0 bridgehead atoms. The van der Waals surface area contributed by atoms with E-state index in [1.807, 2.05) is 54.3 Å². The molecule has 0 radical (unpaired) electrons. The lowest BCUT2D eigenvalue weighted by Crippen LogP contribution is -2.35. The molecule has 0 unspecified atom stereocenters. The van der Waals surface area contributed by atoms with Crippen molar-refractivity contribution in [3.05, 3.63) is 76.8 Å². The molecule has 1 aliphatic rings. The Morgan fingerprint density at radius 1 is 1.19 bits per heavy atom. The van der Waals surface area contributed by atoms with Crippen LogP contribution in [0.15, 0.2) is 58.2 Å². The molecule has 0 saturated carbocycles. The average Bonchev–Trinajstić information content (AvgIpc) is 3.10. The Bertz CT molecular complexity index is 1110. The first-order valence-electron chi connectivity index (χ1n) is 10.6. The fraction of sp³-hybridized carbons (Fsp3) is 0.333. The zero-order valence-corrected chi connectivity index (χ0v) is 18.8. The van der Waals surface area contributed by atoms with Crippen LogP contribution in [0.2, 0.25) is 0 Å². The Morgan fingerprint density at radius 2 is 2.03 bits per heavy atom. The van der Waals surface area contributed by atoms with Crippen LogP contribution in [0.5, 0.6) is 0 Å². The smallest absolute Gasteiger partial charge is 0.256 e. The fourth-order valence-corrected chi connectivity index (χ4v) is 4.61. The Labute approximate surface area is 192 Å². The van der Waals surface area contributed by atoms with Crippen LogP contribution in [0.3, 0.4) is 0 Å². The fourth-order valence-electron chi connectivity index (χ4n) is 3.74. The third-order valence-electron chi connectivity index (χ3n) is 5.40. The molecule has 1 saturated heterocycles. The molecular formula is C24H25N5O2S. The van der Waals surface area contributed by atoms with E-state index in [-0.39, 0.29) is 5.91 Å². The molecule has 1 aromatic carbocycles. The van der Waals surface area contributed by atoms with Gasteiger partial charge in [0.05, 0.1) is 22.9 Å². The van der Waals surface area contributed by atoms with Crippen LogP contribution in [-0.4, -0.2) is 52.0 Å². The largest absolute Gasteiger partial charge is 0.361 e. The standard InChI is InChI=1S/C24H25N5O2S/c1-18-14-21(27-31-18)17-32-23-22(4-2-9-26-23)24(30)29-11-3-10-28(12-13-29)16-20-7-5-19(15-25)6-8-20/h2,4-9,14H,3,10-13,16-17H2,1H3. The maximum Gasteiger partial charge on any atom is 0.256 e. The summed E-state index contributed by atoms with van der Waals surface area (Å²) in [7, 11) is 0. The molecule has 1 aliphatic heterocycles. The van der Waals surface area contributed by atoms with Gasteiger partial charge >= 0.3 is 0 Å². The Kier molecular flexibility index (Phi) is 7.20. The van der Waals surface area contributed by atoms with Gasteiger partial charge in [-0.15, -0.1) is 0 Å². The first-order valence-corrected chi connectivity index (χ1v) is 11.6. The van der Waals surface area contributed by atoms with Gasteiger partial charge in [-0.25, -0.2) is 4.98 Å². The number of nitrogens with zero attached hydrogens (tertiary/aromatic N) is 5. The molecule has 8 heteroatoms. The van der Waals surface area contributed by atoms with Crippen LogP contribution in [0.1, 0.15) is 39.4 Å². The monoisotopic (exact) mass is 447 g/mol. The van der Waals surface area contributed by atoms with E-state index in [1.54, 1.807) is 6.20 Å². The lowest BCUT2D eigenvalue weighted by molar-refractivity contribution is 0.0757. The molecular weight excluding hydrogens is 422 g/mol. The first kappa shape index (κ1) is 22.1. The highest BCUT2D eigenvalue weighted by Gasteiger charge is 2.23. The number of amides is 1. The lowest BCUT2D eigenvalue weighted by Gasteiger charge is -2.22. The van der Waals surface area contributed by atoms with E-state index in [9.17, 15) is 4.79 Å². The maximum absolute atomic E-state index is 13.3. The van der Waals surface area contributed by atoms with Gasteiger partial charge in [0, 0.05) is 50.7 Å². The van der Waals surface area contributed by atoms with E-state index in [2.05, 4.69) is 21.1 Å². The summed E-state index contributed by atoms with van der Waals surface area (Å²) in [6.07, 6.45) is 2.64. The summed E-state index contributed by atoms with van der Waals surface area (Å²) >= 11 is 1.50. The Hall–Kier alpha value is -3.15. The Morgan fingerprint density at radius 3 is 2.78 bits per heavy atom. The van der Waals surface area contributed by atoms with Crippen LogP contribution in [0, 0.1) is 18.3 Å². The zero-order valence-electron chi connectivity index (χ0n) is 18.0. The predicted molar refractivity (Wildman–Crippen MR) is 122 cm³/mol. The van der Waals surface area contributed by atoms with Gasteiger partial charge in [0.25, 0.3) is 5.91 Å². The highest BCUT2D eigenvalue weighted by Crippen LogP contribution is 2.25. The number of hydrogen-bond donors (Lipinski definition) is 0. The second kappa shape index (κ2) is 10.4. The van der Waals surface area contributed by atoms with E-state index < -0.39 is 0 Å². The van der Waals surface area contributed by atoms with Crippen molar-refractivity contribution in [1.29, 1.82) is 5.26 Å². The minimum Gasteiger partial charge on any atom is -0.361 e. The topological polar surface area (TPSA) is 86.3 Å². The molecule has 0 spiro atoms. The van der Waals surface area contributed by atoms with Crippen molar-refractivity contribution in [2.45, 2.75) is 30.7 Å². The number of hydrogen-bond acceptors (Lipinski definition) is 7. The van der Waals surface area contributed by atoms with Crippen LogP contribution < -0.4 is 0 Å². The van der Waals surface area contributed by atoms with Gasteiger partial charge in [0.2, 0.25) is 0 Å². The van der Waals surface area contributed by atoms with Crippen molar-refractivity contribution in [3.8, 4) is 6.07 Å². The van der Waals surface area contributed by atoms with Crippen LogP contribution >= 0.6 is 11.8 Å². The summed E-state index contributed by atoms with van der Waals surface area (Å²) in [4.78, 5) is 22.1. The molecule has 7 nitrogen and oxygen atoms in total. The molecule has 164 valence electrons. The van der Waals surface area contributed by atoms with Gasteiger partial charge in [0.1, 0.15) is 10.8 Å². The molecule has 1 fully saturated rings. The number of aryl methyl sites for hydroxylation is 1. The van der Waals surface area contributed by atoms with Crippen LogP contribution in [0.25, 0.3) is 0 Å². The summed E-state index contributed by atoms with van der Waals surface area (Å²) in [5.41, 5.74) is 3.33. The average molecular weight is 448 g/mol. The SMILES string of the molecule is Cc1cc(CSc2ncccc2C(=O)N2CCCN(Cc3ccc(C#N)cc3)CC2)no1. The number of carbonyl (C=O) groups is 1. The van der Waals surface area contributed by atoms with Gasteiger partial charge in [-0.2, -0.15) is 5.26 Å². The predicted octanol–water partition coefficient (Wildman–Crippen LogP) is 3.89. The van der Waals surface area contributed by atoms with Gasteiger partial charge in [0.15, 0.2) is 0 Å². The summed E-state index contributed by atoms with van der Waals surface area (Å²) < 4.78 is 5.13. The summed E-state index contributed by atoms with van der Waals surface area (Å²) in [5.74, 6) is 1.40. The van der Waals surface area contributed by atoms with Gasteiger partial charge in [-0.05, 0) is 43.2 Å². The highest BCUT2D eigenvalue weighted by atomic mass is 32.2. The number of thioether (sulfide) groups is 1. The number of benzene rings is 1. The van der Waals surface area contributed by atoms with Crippen molar-refractivity contribution < 1.29 is 9.32 Å². The molecule has 0 atom stereocenters. The van der Waals surface area contributed by atoms with Gasteiger partial charge < -0.3 is 9.42 Å². The maximum atomic E-state index is 13.3. The minimum atomic E-state index is 0.0251. The number of pyridine rings is 1. The molecule has 0 N–H and O–H groups in total. The van der Waals surface area contributed by atoms with Crippen molar-refractivity contribution in [2.24, 2.45) is 0 Å². The van der Waals surface area contributed by atoms with Crippen molar-refractivity contribution in [2.75, 3.05) is 26.2 Å². The normalized spacial score (nSPS) is 14.7. The summed E-state index contributed by atoms with van der Waals surface area (Å²) in [5, 5.41) is 13.7. The summed E-state index contributed by atoms with van der Waals surface area (Å²) in [6.45, 7) is 5.83. The number of nitriles is 1. The molecule has 1 amide bonds. The second-order valence-electron chi connectivity index (χ2n) is 7.80. The molecule has 32 heavy (non-hydrogen) atoms. The van der Waals surface area contributed by atoms with Crippen molar-refractivity contribution in [3.63, 3.8) is 0 Å².